The number of hydrogen-bond acceptors (Lipinski definition) is 8. The highest BCUT2D eigenvalue weighted by Crippen LogP contribution is 2.31. The zero-order valence-electron chi connectivity index (χ0n) is 17.9. The first-order chi connectivity index (χ1) is 16.0. The third-order valence-corrected chi connectivity index (χ3v) is 6.03. The number of carbonyl (C=O) groups is 2. The lowest BCUT2D eigenvalue weighted by Crippen LogP contribution is -2.46. The molecule has 0 saturated heterocycles. The van der Waals surface area contributed by atoms with E-state index in [1.807, 2.05) is 31.2 Å². The maximum Gasteiger partial charge on any atom is 0.338 e. The van der Waals surface area contributed by atoms with Gasteiger partial charge in [0.1, 0.15) is 17.6 Å². The number of para-hydroxylation sites is 1. The van der Waals surface area contributed by atoms with Gasteiger partial charge in [-0.25, -0.2) is 19.6 Å². The average molecular weight is 465 g/mol. The fraction of sp³-hybridized carbons (Fsp3) is 0.227. The molecule has 2 N–H and O–H groups in total. The summed E-state index contributed by atoms with van der Waals surface area (Å²) < 4.78 is 12.4. The number of esters is 1. The second-order valence-corrected chi connectivity index (χ2v) is 8.20. The second-order valence-electron chi connectivity index (χ2n) is 7.25. The van der Waals surface area contributed by atoms with Gasteiger partial charge in [-0.05, 0) is 38.1 Å². The Morgan fingerprint density at radius 1 is 1.24 bits per heavy atom. The molecule has 3 aromatic heterocycles. The maximum absolute atomic E-state index is 12.9. The van der Waals surface area contributed by atoms with Crippen LogP contribution in [0.5, 0.6) is 0 Å². The number of ether oxygens (including phenoxy) is 1. The van der Waals surface area contributed by atoms with Crippen LogP contribution >= 0.6 is 11.8 Å². The first kappa shape index (κ1) is 21.0. The van der Waals surface area contributed by atoms with E-state index in [1.54, 1.807) is 23.6 Å². The number of furan rings is 1. The third kappa shape index (κ3) is 3.91. The number of carbonyl (C=O) groups excluding carboxylic acids is 2. The Kier molecular flexibility index (Phi) is 5.47. The molecule has 0 radical (unpaired) electrons. The Hall–Kier alpha value is -3.86. The van der Waals surface area contributed by atoms with Crippen molar-refractivity contribution < 1.29 is 18.7 Å². The molecule has 1 aliphatic heterocycles. The molecule has 11 heteroatoms. The largest absolute Gasteiger partial charge is 0.467 e. The summed E-state index contributed by atoms with van der Waals surface area (Å²) in [5.41, 5.74) is 2.18. The third-order valence-electron chi connectivity index (χ3n) is 5.08. The number of nitrogens with one attached hydrogen (secondary N) is 2. The van der Waals surface area contributed by atoms with Gasteiger partial charge in [0.2, 0.25) is 0 Å². The van der Waals surface area contributed by atoms with Crippen LogP contribution in [-0.2, 0) is 9.53 Å². The van der Waals surface area contributed by atoms with Gasteiger partial charge in [0, 0.05) is 16.8 Å². The number of rotatable bonds is 6. The van der Waals surface area contributed by atoms with E-state index in [1.165, 1.54) is 18.0 Å². The molecule has 0 saturated carbocycles. The summed E-state index contributed by atoms with van der Waals surface area (Å²) in [4.78, 5) is 34.5. The molecule has 5 rings (SSSR count). The van der Waals surface area contributed by atoms with Gasteiger partial charge in [-0.1, -0.05) is 23.9 Å². The van der Waals surface area contributed by atoms with Crippen LogP contribution in [0.1, 0.15) is 24.6 Å². The van der Waals surface area contributed by atoms with Crippen molar-refractivity contribution in [2.24, 2.45) is 0 Å². The Morgan fingerprint density at radius 3 is 2.88 bits per heavy atom. The van der Waals surface area contributed by atoms with E-state index in [0.29, 0.717) is 28.1 Å². The van der Waals surface area contributed by atoms with Gasteiger partial charge in [-0.2, -0.15) is 4.52 Å². The monoisotopic (exact) mass is 464 g/mol. The lowest BCUT2D eigenvalue weighted by Gasteiger charge is -2.27. The van der Waals surface area contributed by atoms with Crippen molar-refractivity contribution in [2.75, 3.05) is 12.4 Å². The van der Waals surface area contributed by atoms with Gasteiger partial charge in [0.05, 0.1) is 24.0 Å². The van der Waals surface area contributed by atoms with Crippen LogP contribution in [0.15, 0.2) is 63.5 Å². The van der Waals surface area contributed by atoms with Crippen molar-refractivity contribution in [1.29, 1.82) is 0 Å². The van der Waals surface area contributed by atoms with Crippen molar-refractivity contribution in [1.82, 2.24) is 30.2 Å². The van der Waals surface area contributed by atoms with E-state index >= 15 is 0 Å². The molecule has 4 heterocycles. The van der Waals surface area contributed by atoms with Gasteiger partial charge >= 0.3 is 12.0 Å². The van der Waals surface area contributed by atoms with Gasteiger partial charge in [-0.3, -0.25) is 0 Å². The second kappa shape index (κ2) is 8.58. The molecule has 0 aliphatic carbocycles. The minimum atomic E-state index is -0.762. The Labute approximate surface area is 192 Å². The molecule has 1 atom stereocenters. The van der Waals surface area contributed by atoms with Crippen LogP contribution in [0.4, 0.5) is 4.79 Å². The van der Waals surface area contributed by atoms with Crippen LogP contribution in [-0.4, -0.2) is 43.9 Å². The summed E-state index contributed by atoms with van der Waals surface area (Å²) in [5, 5.41) is 11.4. The number of fused-ring (bicyclic) bond motifs is 3. The molecule has 0 fully saturated rings. The molecule has 2 amide bonds. The highest BCUT2D eigenvalue weighted by molar-refractivity contribution is 7.99. The topological polar surface area (TPSA) is 124 Å². The Morgan fingerprint density at radius 2 is 2.09 bits per heavy atom. The van der Waals surface area contributed by atoms with Gasteiger partial charge in [0.15, 0.2) is 10.8 Å². The highest BCUT2D eigenvalue weighted by atomic mass is 32.2. The normalized spacial score (nSPS) is 16.2. The number of urea groups is 1. The highest BCUT2D eigenvalue weighted by Gasteiger charge is 2.35. The number of aryl methyl sites for hydroxylation is 1. The lowest BCUT2D eigenvalue weighted by molar-refractivity contribution is -0.139. The first-order valence-electron chi connectivity index (χ1n) is 10.3. The van der Waals surface area contributed by atoms with E-state index in [9.17, 15) is 9.59 Å². The summed E-state index contributed by atoms with van der Waals surface area (Å²) in [6, 6.07) is 9.89. The zero-order valence-corrected chi connectivity index (χ0v) is 18.7. The average Bonchev–Trinajstić information content (AvgIpc) is 3.47. The van der Waals surface area contributed by atoms with Crippen LogP contribution in [0.2, 0.25) is 0 Å². The number of amides is 2. The molecule has 4 aromatic rings. The summed E-state index contributed by atoms with van der Waals surface area (Å²) in [6.07, 6.45) is 1.49. The molecule has 10 nitrogen and oxygen atoms in total. The van der Waals surface area contributed by atoms with Crippen molar-refractivity contribution in [3.63, 3.8) is 0 Å². The number of benzene rings is 1. The van der Waals surface area contributed by atoms with E-state index in [4.69, 9.17) is 14.1 Å². The standard InChI is InChI=1S/C22H20N6O4S/c1-3-31-20(29)17-15(24-21(30)26-18(17)16-9-6-10-32-16)11-33-22-25-14-8-5-4-7-13(14)19-23-12(2)27-28(19)22/h4-10,18H,3,11H2,1-2H3,(H2,24,26,30). The summed E-state index contributed by atoms with van der Waals surface area (Å²) in [5.74, 6) is 0.774. The predicted molar refractivity (Wildman–Crippen MR) is 121 cm³/mol. The van der Waals surface area contributed by atoms with Crippen LogP contribution in [0.25, 0.3) is 16.6 Å². The van der Waals surface area contributed by atoms with Gasteiger partial charge < -0.3 is 19.8 Å². The van der Waals surface area contributed by atoms with Gasteiger partial charge in [0.25, 0.3) is 0 Å². The van der Waals surface area contributed by atoms with Crippen molar-refractivity contribution in [3.05, 3.63) is 65.5 Å². The molecular formula is C22H20N6O4S. The van der Waals surface area contributed by atoms with Crippen molar-refractivity contribution in [3.8, 4) is 0 Å². The zero-order chi connectivity index (χ0) is 22.9. The molecule has 0 bridgehead atoms. The molecule has 1 aliphatic rings. The minimum absolute atomic E-state index is 0.201. The minimum Gasteiger partial charge on any atom is -0.467 e. The van der Waals surface area contributed by atoms with E-state index in [0.717, 1.165) is 10.9 Å². The van der Waals surface area contributed by atoms with E-state index < -0.39 is 18.0 Å². The van der Waals surface area contributed by atoms with Crippen LogP contribution in [0.3, 0.4) is 0 Å². The molecule has 168 valence electrons. The predicted octanol–water partition coefficient (Wildman–Crippen LogP) is 3.14. The molecule has 1 aromatic carbocycles. The van der Waals surface area contributed by atoms with E-state index in [-0.39, 0.29) is 17.9 Å². The van der Waals surface area contributed by atoms with Crippen LogP contribution in [0, 0.1) is 6.92 Å². The van der Waals surface area contributed by atoms with Crippen molar-refractivity contribution in [2.45, 2.75) is 25.0 Å². The fourth-order valence-electron chi connectivity index (χ4n) is 3.71. The van der Waals surface area contributed by atoms with E-state index in [2.05, 4.69) is 20.7 Å². The molecule has 0 spiro atoms. The Bertz CT molecular complexity index is 1390. The fourth-order valence-corrected chi connectivity index (χ4v) is 4.63. The number of thioether (sulfide) groups is 1. The molecular weight excluding hydrogens is 444 g/mol. The number of aromatic nitrogens is 4. The van der Waals surface area contributed by atoms with Crippen LogP contribution < -0.4 is 10.6 Å². The smallest absolute Gasteiger partial charge is 0.338 e. The SMILES string of the molecule is CCOC(=O)C1=C(CSc2nc3ccccc3c3nc(C)nn23)NC(=O)NC1c1ccco1. The Balaban J connectivity index is 1.56. The summed E-state index contributed by atoms with van der Waals surface area (Å²) in [6.45, 7) is 3.75. The molecule has 1 unspecified atom stereocenters. The molecule has 33 heavy (non-hydrogen) atoms. The maximum atomic E-state index is 12.9. The van der Waals surface area contributed by atoms with Crippen molar-refractivity contribution >= 4 is 40.3 Å². The summed E-state index contributed by atoms with van der Waals surface area (Å²) in [7, 11) is 0. The van der Waals surface area contributed by atoms with Gasteiger partial charge in [-0.15, -0.1) is 5.10 Å². The first-order valence-corrected chi connectivity index (χ1v) is 11.3. The lowest BCUT2D eigenvalue weighted by atomic mass is 10.0. The number of hydrogen-bond donors (Lipinski definition) is 2. The summed E-state index contributed by atoms with van der Waals surface area (Å²) >= 11 is 1.34. The quantitative estimate of drug-likeness (QED) is 0.253. The number of nitrogens with zero attached hydrogens (tertiary/aromatic N) is 4.